The second-order valence-corrected chi connectivity index (χ2v) is 29.1. The summed E-state index contributed by atoms with van der Waals surface area (Å²) >= 11 is 1.40. The Kier molecular flexibility index (Phi) is 18.3. The number of thioether (sulfide) groups is 1. The second kappa shape index (κ2) is 24.4. The fraction of sp³-hybridized carbons (Fsp3) is 0.217. The van der Waals surface area contributed by atoms with Gasteiger partial charge in [-0.2, -0.15) is 60.9 Å². The lowest BCUT2D eigenvalue weighted by Gasteiger charge is -2.13. The van der Waals surface area contributed by atoms with E-state index in [9.17, 15) is 93.0 Å². The number of amides is 1. The molecule has 0 aliphatic carbocycles. The fourth-order valence-electron chi connectivity index (χ4n) is 8.26. The van der Waals surface area contributed by atoms with Crippen molar-refractivity contribution in [1.82, 2.24) is 14.4 Å². The van der Waals surface area contributed by atoms with Crippen molar-refractivity contribution in [2.24, 2.45) is 30.7 Å². The summed E-state index contributed by atoms with van der Waals surface area (Å²) in [4.78, 5) is 17.4. The standard InChI is InChI=1S/C46H41N11O22S8/c1-21-11-32(53-55-40-22(2)28(20-47)44-49-41-34(57(44)45(40)59)13-25(85(69,70)71)14-36(41)78-4)35(79-7-5-9-82(60,61)62)18-29(21)51-54-33-17-30(48-23(3)58)31(19-37(33)80-8-6-10-83(63,64)65)52-56-46-50-42-39(87(75,76)77)16-26-27(43(42)81-46)12-24(84(66,67)68)15-38(26)86(72,73)74/h11-19,59H,5-10H2,1-4H3,(H,48,58)(H,60,61,62)(H,63,64,65)(H,66,67,68)(H,69,70,71)(H,72,73,74)(H,75,76,77). The molecule has 33 nitrogen and oxygen atoms in total. The largest absolute Gasteiger partial charge is 0.494 e. The number of thiazole rings is 1. The van der Waals surface area contributed by atoms with E-state index < -0.39 is 125 Å². The van der Waals surface area contributed by atoms with E-state index in [2.05, 4.69) is 46.0 Å². The highest BCUT2D eigenvalue weighted by Gasteiger charge is 2.29. The number of nitrogens with zero attached hydrogens (tertiary/aromatic N) is 10. The van der Waals surface area contributed by atoms with Crippen molar-refractivity contribution in [2.45, 2.75) is 58.1 Å². The molecule has 8 aromatic rings. The molecule has 0 atom stereocenters. The number of aryl methyl sites for hydroxylation is 1. The van der Waals surface area contributed by atoms with Crippen LogP contribution in [0.15, 0.2) is 110 Å². The number of benzene rings is 5. The predicted octanol–water partition coefficient (Wildman–Crippen LogP) is 8.67. The van der Waals surface area contributed by atoms with Crippen LogP contribution in [-0.2, 0) is 65.5 Å². The van der Waals surface area contributed by atoms with Gasteiger partial charge in [0.25, 0.3) is 60.7 Å². The van der Waals surface area contributed by atoms with Crippen LogP contribution < -0.4 is 14.8 Å². The van der Waals surface area contributed by atoms with Crippen molar-refractivity contribution in [3.63, 3.8) is 0 Å². The second-order valence-electron chi connectivity index (χ2n) is 18.2. The van der Waals surface area contributed by atoms with Crippen molar-refractivity contribution < 1.29 is 97.2 Å². The summed E-state index contributed by atoms with van der Waals surface area (Å²) in [5, 5.41) is 48.6. The van der Waals surface area contributed by atoms with Gasteiger partial charge >= 0.3 is 0 Å². The maximum absolute atomic E-state index is 12.7. The first-order valence-electron chi connectivity index (χ1n) is 23.8. The molecule has 0 saturated carbocycles. The van der Waals surface area contributed by atoms with Crippen LogP contribution >= 0.6 is 23.1 Å². The summed E-state index contributed by atoms with van der Waals surface area (Å²) in [5.41, 5.74) is -1.59. The number of hydrogen-bond donors (Lipinski definition) is 8. The van der Waals surface area contributed by atoms with Crippen molar-refractivity contribution in [2.75, 3.05) is 36.3 Å². The molecule has 3 heterocycles. The number of pyridine rings is 1. The van der Waals surface area contributed by atoms with Crippen LogP contribution in [-0.4, -0.2) is 134 Å². The van der Waals surface area contributed by atoms with Crippen molar-refractivity contribution >= 4 is 167 Å². The monoisotopic (exact) mass is 1360 g/mol. The lowest BCUT2D eigenvalue weighted by molar-refractivity contribution is -0.114. The van der Waals surface area contributed by atoms with E-state index in [1.807, 2.05) is 6.07 Å². The van der Waals surface area contributed by atoms with Gasteiger partial charge in [0, 0.05) is 40.3 Å². The molecule has 0 aliphatic heterocycles. The highest BCUT2D eigenvalue weighted by molar-refractivity contribution is 7.99. The number of nitrogens with one attached hydrogen (secondary N) is 1. The molecular formula is C46H41N11O22S8. The first kappa shape index (κ1) is 65.2. The maximum Gasteiger partial charge on any atom is 0.296 e. The number of aromatic hydroxyl groups is 1. The molecule has 5 aromatic carbocycles. The van der Waals surface area contributed by atoms with Crippen molar-refractivity contribution in [3.8, 4) is 23.4 Å². The summed E-state index contributed by atoms with van der Waals surface area (Å²) in [6.45, 7) is 3.66. The number of aromatic nitrogens is 3. The Labute approximate surface area is 500 Å². The molecule has 1 amide bonds. The lowest BCUT2D eigenvalue weighted by atomic mass is 10.1. The maximum atomic E-state index is 12.7. The van der Waals surface area contributed by atoms with Crippen LogP contribution in [0.25, 0.3) is 37.7 Å². The molecule has 0 spiro atoms. The van der Waals surface area contributed by atoms with Crippen LogP contribution in [0.5, 0.6) is 17.4 Å². The van der Waals surface area contributed by atoms with E-state index in [0.717, 1.165) is 41.3 Å². The minimum atomic E-state index is -5.36. The third-order valence-electron chi connectivity index (χ3n) is 12.1. The minimum Gasteiger partial charge on any atom is -0.494 e. The number of anilines is 1. The number of imidazole rings is 1. The highest BCUT2D eigenvalue weighted by Crippen LogP contribution is 2.46. The van der Waals surface area contributed by atoms with Gasteiger partial charge in [-0.05, 0) is 80.5 Å². The zero-order valence-corrected chi connectivity index (χ0v) is 51.0. The summed E-state index contributed by atoms with van der Waals surface area (Å²) in [6.07, 6.45) is -0.409. The van der Waals surface area contributed by atoms with E-state index in [-0.39, 0.29) is 114 Å². The molecule has 460 valence electrons. The lowest BCUT2D eigenvalue weighted by Crippen LogP contribution is -2.08. The van der Waals surface area contributed by atoms with Crippen LogP contribution in [0.3, 0.4) is 0 Å². The number of azo groups is 3. The Morgan fingerprint density at radius 1 is 0.678 bits per heavy atom. The molecule has 8 rings (SSSR count). The number of fused-ring (bicyclic) bond motifs is 6. The molecule has 0 aliphatic rings. The normalized spacial score (nSPS) is 13.1. The zero-order chi connectivity index (χ0) is 64.1. The smallest absolute Gasteiger partial charge is 0.296 e. The van der Waals surface area contributed by atoms with E-state index in [1.54, 1.807) is 0 Å². The molecule has 87 heavy (non-hydrogen) atoms. The molecule has 8 N–H and O–H groups in total. The average Bonchev–Trinajstić information content (AvgIpc) is 1.72. The summed E-state index contributed by atoms with van der Waals surface area (Å²) in [7, 11) is -28.4. The Bertz CT molecular complexity index is 5110. The molecule has 3 aromatic heterocycles. The quantitative estimate of drug-likeness (QED) is 0.0136. The van der Waals surface area contributed by atoms with E-state index in [0.29, 0.717) is 23.5 Å². The van der Waals surface area contributed by atoms with Crippen LogP contribution in [0.4, 0.5) is 39.3 Å². The van der Waals surface area contributed by atoms with Gasteiger partial charge in [0.2, 0.25) is 16.9 Å². The Morgan fingerprint density at radius 3 is 1.91 bits per heavy atom. The number of hydrogen-bond acceptors (Lipinski definition) is 27. The Balaban J connectivity index is 1.25. The Morgan fingerprint density at radius 2 is 1.30 bits per heavy atom. The van der Waals surface area contributed by atoms with Gasteiger partial charge in [-0.15, -0.1) is 37.3 Å². The van der Waals surface area contributed by atoms with Gasteiger partial charge in [0.05, 0.1) is 56.6 Å². The number of methoxy groups -OCH3 is 1. The molecule has 41 heteroatoms. The predicted molar refractivity (Wildman–Crippen MR) is 309 cm³/mol. The number of rotatable bonds is 22. The van der Waals surface area contributed by atoms with Gasteiger partial charge in [0.15, 0.2) is 11.3 Å². The van der Waals surface area contributed by atoms with Gasteiger partial charge in [-0.1, -0.05) is 11.3 Å². The number of ether oxygens (including phenoxy) is 2. The summed E-state index contributed by atoms with van der Waals surface area (Å²) in [5.74, 6) is -3.17. The Hall–Kier alpha value is -7.83. The summed E-state index contributed by atoms with van der Waals surface area (Å²) in [6, 6.07) is 10.8. The van der Waals surface area contributed by atoms with Crippen LogP contribution in [0.1, 0.15) is 36.5 Å². The number of carbonyl (C=O) groups is 1. The van der Waals surface area contributed by atoms with Gasteiger partial charge in [-0.3, -0.25) is 36.5 Å². The van der Waals surface area contributed by atoms with Crippen molar-refractivity contribution in [1.29, 1.82) is 5.26 Å². The van der Waals surface area contributed by atoms with E-state index in [4.69, 9.17) is 9.47 Å². The van der Waals surface area contributed by atoms with Crippen LogP contribution in [0, 0.1) is 25.2 Å². The van der Waals surface area contributed by atoms with Gasteiger partial charge in [0.1, 0.15) is 61.0 Å². The zero-order valence-electron chi connectivity index (χ0n) is 44.4. The molecular weight excluding hydrogens is 1320 g/mol. The first-order valence-corrected chi connectivity index (χ1v) is 34.6. The van der Waals surface area contributed by atoms with Crippen molar-refractivity contribution in [3.05, 3.63) is 71.3 Å². The van der Waals surface area contributed by atoms with E-state index >= 15 is 0 Å². The first-order chi connectivity index (χ1) is 40.4. The minimum absolute atomic E-state index is 0.0200. The fourth-order valence-corrected chi connectivity index (χ4v) is 13.9. The van der Waals surface area contributed by atoms with Crippen LogP contribution in [0.2, 0.25) is 0 Å². The molecule has 0 unspecified atom stereocenters. The molecule has 0 saturated heterocycles. The third-order valence-corrected chi connectivity index (χ3v) is 19.2. The SMILES string of the molecule is COc1cc(S(=O)(=O)O)cc2c1nc1c(C#N)c(C)c(N=Nc3cc(C)c(N=Nc4cc(NC(C)=O)c(N=Nc5nc6c(S(=O)(=O)O)cc7c(S(=O)(=O)O)cc(S(=O)(=O)O)cc7c6s5)cc4SCCCS(=O)(=O)O)cc3OCCCS(=O)(=O)O)c(O)n12. The topological polar surface area (TPSA) is 522 Å². The number of carbonyl (C=O) groups excluding carboxylic acids is 1. The molecule has 0 radical (unpaired) electrons. The number of nitriles is 1. The summed E-state index contributed by atoms with van der Waals surface area (Å²) < 4.78 is 216. The molecule has 0 bridgehead atoms. The molecule has 0 fully saturated rings. The third kappa shape index (κ3) is 14.8. The average molecular weight is 1360 g/mol. The van der Waals surface area contributed by atoms with E-state index in [1.165, 1.54) is 45.2 Å². The highest BCUT2D eigenvalue weighted by atomic mass is 32.2. The van der Waals surface area contributed by atoms with Gasteiger partial charge < -0.3 is 19.9 Å². The van der Waals surface area contributed by atoms with Gasteiger partial charge in [-0.25, -0.2) is 9.97 Å².